The Labute approximate surface area is 190 Å². The third kappa shape index (κ3) is 4.25. The molecule has 1 aromatic heterocycles. The maximum atomic E-state index is 12.9. The van der Waals surface area contributed by atoms with Gasteiger partial charge in [0.2, 0.25) is 0 Å². The number of methoxy groups -OCH3 is 1. The number of hydrogen-bond donors (Lipinski definition) is 1. The largest absolute Gasteiger partial charge is 0.465 e. The van der Waals surface area contributed by atoms with Crippen molar-refractivity contribution in [3.8, 4) is 11.3 Å². The molecule has 1 atom stereocenters. The highest BCUT2D eigenvalue weighted by Gasteiger charge is 2.18. The Kier molecular flexibility index (Phi) is 6.01. The van der Waals surface area contributed by atoms with Gasteiger partial charge in [0.15, 0.2) is 5.43 Å². The molecule has 0 fully saturated rings. The number of rotatable bonds is 5. The Bertz CT molecular complexity index is 1360. The summed E-state index contributed by atoms with van der Waals surface area (Å²) in [5, 5.41) is 4.48. The molecule has 0 aliphatic heterocycles. The van der Waals surface area contributed by atoms with Gasteiger partial charge in [0.1, 0.15) is 11.3 Å². The molecule has 0 aliphatic carbocycles. The van der Waals surface area contributed by atoms with Crippen molar-refractivity contribution in [2.45, 2.75) is 19.9 Å². The quantitative estimate of drug-likeness (QED) is 0.359. The summed E-state index contributed by atoms with van der Waals surface area (Å²) in [6, 6.07) is 19.3. The molecule has 4 rings (SSSR count). The third-order valence-corrected chi connectivity index (χ3v) is 5.55. The molecular formula is C26H22ClNO4. The van der Waals surface area contributed by atoms with Crippen LogP contribution in [-0.4, -0.2) is 13.1 Å². The van der Waals surface area contributed by atoms with Crippen LogP contribution in [0, 0.1) is 6.92 Å². The lowest BCUT2D eigenvalue weighted by Gasteiger charge is -2.19. The standard InChI is InChI=1S/C26H22ClNO4/c1-15-12-20(16(2)28-22-7-5-4-6-19(22)26(30)31-3)25-21(13-15)23(29)14-24(32-25)17-8-10-18(27)11-9-17/h4-14,16,28H,1-3H3. The first-order valence-corrected chi connectivity index (χ1v) is 10.5. The molecule has 4 aromatic rings. The molecule has 1 N–H and O–H groups in total. The normalized spacial score (nSPS) is 11.9. The van der Waals surface area contributed by atoms with E-state index in [-0.39, 0.29) is 11.5 Å². The number of nitrogens with one attached hydrogen (secondary N) is 1. The van der Waals surface area contributed by atoms with E-state index in [1.54, 1.807) is 24.3 Å². The van der Waals surface area contributed by atoms with Gasteiger partial charge in [0, 0.05) is 27.9 Å². The summed E-state index contributed by atoms with van der Waals surface area (Å²) in [6.45, 7) is 3.89. The molecule has 32 heavy (non-hydrogen) atoms. The van der Waals surface area contributed by atoms with Gasteiger partial charge in [-0.25, -0.2) is 4.79 Å². The van der Waals surface area contributed by atoms with E-state index in [0.717, 1.165) is 16.7 Å². The van der Waals surface area contributed by atoms with E-state index in [1.807, 2.05) is 50.2 Å². The Morgan fingerprint density at radius 3 is 2.50 bits per heavy atom. The number of ether oxygens (including phenoxy) is 1. The summed E-state index contributed by atoms with van der Waals surface area (Å²) >= 11 is 6.00. The van der Waals surface area contributed by atoms with Crippen molar-refractivity contribution in [2.75, 3.05) is 12.4 Å². The van der Waals surface area contributed by atoms with Crippen LogP contribution in [0.1, 0.15) is 34.5 Å². The third-order valence-electron chi connectivity index (χ3n) is 5.30. The minimum absolute atomic E-state index is 0.122. The molecule has 1 unspecified atom stereocenters. The topological polar surface area (TPSA) is 68.5 Å². The van der Waals surface area contributed by atoms with E-state index < -0.39 is 5.97 Å². The molecule has 0 spiro atoms. The summed E-state index contributed by atoms with van der Waals surface area (Å²) in [7, 11) is 1.35. The smallest absolute Gasteiger partial charge is 0.339 e. The van der Waals surface area contributed by atoms with E-state index in [9.17, 15) is 9.59 Å². The molecule has 0 radical (unpaired) electrons. The molecule has 0 saturated heterocycles. The summed E-state index contributed by atoms with van der Waals surface area (Å²) in [6.07, 6.45) is 0. The van der Waals surface area contributed by atoms with Gasteiger partial charge >= 0.3 is 5.97 Å². The van der Waals surface area contributed by atoms with Crippen molar-refractivity contribution in [1.29, 1.82) is 0 Å². The number of carbonyl (C=O) groups excluding carboxylic acids is 1. The number of carbonyl (C=O) groups is 1. The lowest BCUT2D eigenvalue weighted by Crippen LogP contribution is -2.13. The first-order chi connectivity index (χ1) is 15.4. The van der Waals surface area contributed by atoms with Gasteiger partial charge < -0.3 is 14.5 Å². The Morgan fingerprint density at radius 1 is 1.06 bits per heavy atom. The van der Waals surface area contributed by atoms with Crippen molar-refractivity contribution in [3.05, 3.63) is 98.7 Å². The van der Waals surface area contributed by atoms with Crippen LogP contribution in [0.4, 0.5) is 5.69 Å². The van der Waals surface area contributed by atoms with Crippen LogP contribution >= 0.6 is 11.6 Å². The van der Waals surface area contributed by atoms with Crippen LogP contribution in [0.2, 0.25) is 5.02 Å². The molecule has 3 aromatic carbocycles. The second-order valence-electron chi connectivity index (χ2n) is 7.62. The second-order valence-corrected chi connectivity index (χ2v) is 8.05. The number of fused-ring (bicyclic) bond motifs is 1. The Morgan fingerprint density at radius 2 is 1.78 bits per heavy atom. The number of hydrogen-bond acceptors (Lipinski definition) is 5. The van der Waals surface area contributed by atoms with Crippen LogP contribution in [0.25, 0.3) is 22.3 Å². The second kappa shape index (κ2) is 8.89. The zero-order valence-electron chi connectivity index (χ0n) is 17.9. The van der Waals surface area contributed by atoms with Crippen molar-refractivity contribution >= 4 is 34.2 Å². The van der Waals surface area contributed by atoms with Gasteiger partial charge in [-0.2, -0.15) is 0 Å². The molecule has 6 heteroatoms. The van der Waals surface area contributed by atoms with Crippen molar-refractivity contribution in [2.24, 2.45) is 0 Å². The number of esters is 1. The Hall–Kier alpha value is -3.57. The molecule has 0 saturated carbocycles. The highest BCUT2D eigenvalue weighted by Crippen LogP contribution is 2.31. The first-order valence-electron chi connectivity index (χ1n) is 10.2. The monoisotopic (exact) mass is 447 g/mol. The number of aryl methyl sites for hydroxylation is 1. The van der Waals surface area contributed by atoms with Gasteiger partial charge in [0.05, 0.1) is 24.1 Å². The molecule has 0 aliphatic rings. The number of halogens is 1. The maximum Gasteiger partial charge on any atom is 0.339 e. The summed E-state index contributed by atoms with van der Waals surface area (Å²) in [4.78, 5) is 25.1. The molecule has 0 amide bonds. The lowest BCUT2D eigenvalue weighted by molar-refractivity contribution is 0.0602. The highest BCUT2D eigenvalue weighted by atomic mass is 35.5. The number of para-hydroxylation sites is 1. The minimum atomic E-state index is -0.425. The number of anilines is 1. The maximum absolute atomic E-state index is 12.9. The minimum Gasteiger partial charge on any atom is -0.465 e. The van der Waals surface area contributed by atoms with Crippen LogP contribution in [-0.2, 0) is 4.74 Å². The van der Waals surface area contributed by atoms with Gasteiger partial charge in [-0.05, 0) is 61.9 Å². The van der Waals surface area contributed by atoms with Gasteiger partial charge in [-0.1, -0.05) is 29.8 Å². The predicted octanol–water partition coefficient (Wildman–Crippen LogP) is 6.38. The van der Waals surface area contributed by atoms with E-state index in [2.05, 4.69) is 5.32 Å². The summed E-state index contributed by atoms with van der Waals surface area (Å²) in [5.41, 5.74) is 3.96. The zero-order valence-corrected chi connectivity index (χ0v) is 18.7. The van der Waals surface area contributed by atoms with Gasteiger partial charge in [0.25, 0.3) is 0 Å². The van der Waals surface area contributed by atoms with Crippen LogP contribution in [0.15, 0.2) is 75.9 Å². The molecule has 0 bridgehead atoms. The van der Waals surface area contributed by atoms with E-state index in [4.69, 9.17) is 20.8 Å². The van der Waals surface area contributed by atoms with Gasteiger partial charge in [-0.3, -0.25) is 4.79 Å². The van der Waals surface area contributed by atoms with Crippen LogP contribution in [0.3, 0.4) is 0 Å². The lowest BCUT2D eigenvalue weighted by atomic mass is 10.00. The van der Waals surface area contributed by atoms with E-state index >= 15 is 0 Å². The van der Waals surface area contributed by atoms with Crippen LogP contribution in [0.5, 0.6) is 0 Å². The number of benzene rings is 3. The Balaban J connectivity index is 1.82. The molecular weight excluding hydrogens is 426 g/mol. The zero-order chi connectivity index (χ0) is 22.8. The SMILES string of the molecule is COC(=O)c1ccccc1NC(C)c1cc(C)cc2c(=O)cc(-c3ccc(Cl)cc3)oc12. The molecule has 162 valence electrons. The van der Waals surface area contributed by atoms with E-state index in [1.165, 1.54) is 13.2 Å². The fraction of sp³-hybridized carbons (Fsp3) is 0.154. The molecule has 1 heterocycles. The fourth-order valence-electron chi connectivity index (χ4n) is 3.72. The predicted molar refractivity (Wildman–Crippen MR) is 127 cm³/mol. The average molecular weight is 448 g/mol. The summed E-state index contributed by atoms with van der Waals surface area (Å²) in [5.74, 6) is 0.0392. The van der Waals surface area contributed by atoms with Crippen molar-refractivity contribution < 1.29 is 13.9 Å². The molecule has 5 nitrogen and oxygen atoms in total. The highest BCUT2D eigenvalue weighted by molar-refractivity contribution is 6.30. The fourth-order valence-corrected chi connectivity index (χ4v) is 3.85. The van der Waals surface area contributed by atoms with Crippen LogP contribution < -0.4 is 10.7 Å². The first kappa shape index (κ1) is 21.7. The average Bonchev–Trinajstić information content (AvgIpc) is 2.79. The van der Waals surface area contributed by atoms with E-state index in [0.29, 0.717) is 33.0 Å². The summed E-state index contributed by atoms with van der Waals surface area (Å²) < 4.78 is 11.1. The van der Waals surface area contributed by atoms with Crippen molar-refractivity contribution in [3.63, 3.8) is 0 Å². The van der Waals surface area contributed by atoms with Gasteiger partial charge in [-0.15, -0.1) is 0 Å². The van der Waals surface area contributed by atoms with Crippen molar-refractivity contribution in [1.82, 2.24) is 0 Å².